The number of aromatic nitrogens is 1. The Kier molecular flexibility index (Phi) is 3.00. The Morgan fingerprint density at radius 1 is 1.44 bits per heavy atom. The van der Waals surface area contributed by atoms with E-state index < -0.39 is 11.4 Å². The molecule has 0 aliphatic rings. The van der Waals surface area contributed by atoms with Crippen LogP contribution in [0.2, 0.25) is 0 Å². The van der Waals surface area contributed by atoms with E-state index in [0.29, 0.717) is 11.1 Å². The monoisotopic (exact) mass is 247 g/mol. The maximum atomic E-state index is 13.4. The topological polar surface area (TPSA) is 68.0 Å². The van der Waals surface area contributed by atoms with E-state index >= 15 is 0 Å². The second kappa shape index (κ2) is 4.34. The number of carbonyl (C=O) groups is 1. The molecule has 0 fully saturated rings. The Morgan fingerprint density at radius 3 is 2.83 bits per heavy atom. The molecule has 3 N–H and O–H groups in total. The number of anilines is 1. The largest absolute Gasteiger partial charge is 0.324 e. The van der Waals surface area contributed by atoms with E-state index in [-0.39, 0.29) is 5.91 Å². The summed E-state index contributed by atoms with van der Waals surface area (Å²) in [6, 6.07) is 4.35. The summed E-state index contributed by atoms with van der Waals surface area (Å²) in [7, 11) is 0. The molecule has 0 aliphatic heterocycles. The number of nitrogens with two attached hydrogens (primary N) is 1. The van der Waals surface area contributed by atoms with Crippen molar-refractivity contribution in [1.82, 2.24) is 4.98 Å². The van der Waals surface area contributed by atoms with Gasteiger partial charge in [-0.1, -0.05) is 0 Å². The number of nitrogens with zero attached hydrogens (tertiary/aromatic N) is 1. The van der Waals surface area contributed by atoms with Crippen LogP contribution in [0.15, 0.2) is 30.6 Å². The van der Waals surface area contributed by atoms with Gasteiger partial charge in [0, 0.05) is 23.2 Å². The van der Waals surface area contributed by atoms with Gasteiger partial charge in [0.2, 0.25) is 5.91 Å². The van der Waals surface area contributed by atoms with E-state index in [1.165, 1.54) is 12.1 Å². The van der Waals surface area contributed by atoms with Crippen LogP contribution in [0.5, 0.6) is 0 Å². The molecule has 4 nitrogen and oxygen atoms in total. The van der Waals surface area contributed by atoms with Crippen molar-refractivity contribution < 1.29 is 9.18 Å². The third-order valence-corrected chi connectivity index (χ3v) is 2.55. The number of hydrogen-bond acceptors (Lipinski definition) is 3. The van der Waals surface area contributed by atoms with Gasteiger partial charge in [0.25, 0.3) is 0 Å². The predicted molar refractivity (Wildman–Crippen MR) is 68.6 cm³/mol. The second-order valence-corrected chi connectivity index (χ2v) is 4.73. The fourth-order valence-corrected chi connectivity index (χ4v) is 1.56. The number of pyridine rings is 1. The summed E-state index contributed by atoms with van der Waals surface area (Å²) < 4.78 is 13.4. The maximum Gasteiger partial charge on any atom is 0.243 e. The van der Waals surface area contributed by atoms with E-state index in [0.717, 1.165) is 5.39 Å². The third-order valence-electron chi connectivity index (χ3n) is 2.55. The highest BCUT2D eigenvalue weighted by Gasteiger charge is 2.22. The average Bonchev–Trinajstić information content (AvgIpc) is 2.27. The lowest BCUT2D eigenvalue weighted by Crippen LogP contribution is -2.45. The molecule has 0 saturated heterocycles. The van der Waals surface area contributed by atoms with Crippen molar-refractivity contribution in [1.29, 1.82) is 0 Å². The molecule has 0 unspecified atom stereocenters. The number of carbonyl (C=O) groups excluding carboxylic acids is 1. The van der Waals surface area contributed by atoms with E-state index in [2.05, 4.69) is 10.3 Å². The lowest BCUT2D eigenvalue weighted by atomic mass is 10.1. The standard InChI is InChI=1S/C13H14FN3O/c1-13(2,15)12(18)17-11-6-9(14)5-8-7-16-4-3-10(8)11/h3-7H,15H2,1-2H3,(H,17,18). The van der Waals surface area contributed by atoms with Gasteiger partial charge in [-0.15, -0.1) is 0 Å². The fourth-order valence-electron chi connectivity index (χ4n) is 1.56. The molecular formula is C13H14FN3O. The number of hydrogen-bond donors (Lipinski definition) is 2. The number of benzene rings is 1. The maximum absolute atomic E-state index is 13.4. The average molecular weight is 247 g/mol. The number of rotatable bonds is 2. The van der Waals surface area contributed by atoms with Crippen LogP contribution in [0.3, 0.4) is 0 Å². The van der Waals surface area contributed by atoms with Gasteiger partial charge in [-0.2, -0.15) is 0 Å². The van der Waals surface area contributed by atoms with Gasteiger partial charge in [-0.3, -0.25) is 9.78 Å². The van der Waals surface area contributed by atoms with Crippen LogP contribution >= 0.6 is 0 Å². The Labute approximate surface area is 104 Å². The lowest BCUT2D eigenvalue weighted by Gasteiger charge is -2.18. The molecule has 0 spiro atoms. The van der Waals surface area contributed by atoms with E-state index in [4.69, 9.17) is 5.73 Å². The normalized spacial score (nSPS) is 11.6. The first-order valence-electron chi connectivity index (χ1n) is 5.51. The number of nitrogens with one attached hydrogen (secondary N) is 1. The van der Waals surface area contributed by atoms with E-state index in [1.807, 2.05) is 0 Å². The molecule has 0 saturated carbocycles. The Balaban J connectivity index is 2.48. The van der Waals surface area contributed by atoms with Crippen LogP contribution in [0.25, 0.3) is 10.8 Å². The Morgan fingerprint density at radius 2 is 2.17 bits per heavy atom. The number of halogens is 1. The van der Waals surface area contributed by atoms with Crippen molar-refractivity contribution in [2.24, 2.45) is 5.73 Å². The number of amides is 1. The molecular weight excluding hydrogens is 233 g/mol. The zero-order valence-electron chi connectivity index (χ0n) is 10.2. The Bertz CT molecular complexity index is 605. The molecule has 1 aromatic carbocycles. The molecule has 0 bridgehead atoms. The minimum absolute atomic E-state index is 0.369. The summed E-state index contributed by atoms with van der Waals surface area (Å²) >= 11 is 0. The summed E-state index contributed by atoms with van der Waals surface area (Å²) in [4.78, 5) is 15.7. The first kappa shape index (κ1) is 12.4. The smallest absolute Gasteiger partial charge is 0.243 e. The zero-order chi connectivity index (χ0) is 13.3. The molecule has 5 heteroatoms. The van der Waals surface area contributed by atoms with Crippen molar-refractivity contribution in [3.8, 4) is 0 Å². The van der Waals surface area contributed by atoms with Crippen LogP contribution in [-0.2, 0) is 4.79 Å². The quantitative estimate of drug-likeness (QED) is 0.853. The van der Waals surface area contributed by atoms with Gasteiger partial charge in [-0.05, 0) is 32.0 Å². The second-order valence-electron chi connectivity index (χ2n) is 4.73. The molecule has 94 valence electrons. The molecule has 2 aromatic rings. The summed E-state index contributed by atoms with van der Waals surface area (Å²) in [6.07, 6.45) is 3.13. The van der Waals surface area contributed by atoms with Crippen LogP contribution in [0.1, 0.15) is 13.8 Å². The highest BCUT2D eigenvalue weighted by atomic mass is 19.1. The van der Waals surface area contributed by atoms with Gasteiger partial charge in [-0.25, -0.2) is 4.39 Å². The van der Waals surface area contributed by atoms with Crippen molar-refractivity contribution in [3.05, 3.63) is 36.4 Å². The highest BCUT2D eigenvalue weighted by molar-refractivity contribution is 6.04. The van der Waals surface area contributed by atoms with Gasteiger partial charge < -0.3 is 11.1 Å². The predicted octanol–water partition coefficient (Wildman–Crippen LogP) is 2.05. The third kappa shape index (κ3) is 2.46. The van der Waals surface area contributed by atoms with Crippen molar-refractivity contribution in [2.75, 3.05) is 5.32 Å². The molecule has 18 heavy (non-hydrogen) atoms. The molecule has 0 aliphatic carbocycles. The minimum atomic E-state index is -1.02. The van der Waals surface area contributed by atoms with Crippen molar-refractivity contribution in [2.45, 2.75) is 19.4 Å². The van der Waals surface area contributed by atoms with Gasteiger partial charge in [0.1, 0.15) is 5.82 Å². The molecule has 2 rings (SSSR count). The Hall–Kier alpha value is -2.01. The molecule has 1 amide bonds. The summed E-state index contributed by atoms with van der Waals surface area (Å²) in [5.74, 6) is -0.799. The van der Waals surface area contributed by atoms with E-state index in [9.17, 15) is 9.18 Å². The fraction of sp³-hybridized carbons (Fsp3) is 0.231. The van der Waals surface area contributed by atoms with Crippen molar-refractivity contribution >= 4 is 22.4 Å². The summed E-state index contributed by atoms with van der Waals surface area (Å²) in [5.41, 5.74) is 5.07. The van der Waals surface area contributed by atoms with Crippen LogP contribution < -0.4 is 11.1 Å². The summed E-state index contributed by atoms with van der Waals surface area (Å²) in [5, 5.41) is 3.99. The van der Waals surface area contributed by atoms with Crippen LogP contribution in [0, 0.1) is 5.82 Å². The highest BCUT2D eigenvalue weighted by Crippen LogP contribution is 2.24. The lowest BCUT2D eigenvalue weighted by molar-refractivity contribution is -0.120. The minimum Gasteiger partial charge on any atom is -0.324 e. The van der Waals surface area contributed by atoms with Gasteiger partial charge >= 0.3 is 0 Å². The summed E-state index contributed by atoms with van der Waals surface area (Å²) in [6.45, 7) is 3.18. The SMILES string of the molecule is CC(C)(N)C(=O)Nc1cc(F)cc2cnccc12. The van der Waals surface area contributed by atoms with Gasteiger partial charge in [0.15, 0.2) is 0 Å². The molecule has 0 radical (unpaired) electrons. The number of fused-ring (bicyclic) bond motifs is 1. The molecule has 1 aromatic heterocycles. The van der Waals surface area contributed by atoms with Crippen LogP contribution in [0.4, 0.5) is 10.1 Å². The van der Waals surface area contributed by atoms with Crippen molar-refractivity contribution in [3.63, 3.8) is 0 Å². The molecule has 0 atom stereocenters. The van der Waals surface area contributed by atoms with Gasteiger partial charge in [0.05, 0.1) is 11.2 Å². The zero-order valence-corrected chi connectivity index (χ0v) is 10.2. The van der Waals surface area contributed by atoms with Crippen LogP contribution in [-0.4, -0.2) is 16.4 Å². The van der Waals surface area contributed by atoms with E-state index in [1.54, 1.807) is 32.3 Å². The first-order chi connectivity index (χ1) is 8.38. The first-order valence-corrected chi connectivity index (χ1v) is 5.51. The molecule has 1 heterocycles.